The van der Waals surface area contributed by atoms with E-state index in [-0.39, 0.29) is 12.2 Å². The third-order valence-corrected chi connectivity index (χ3v) is 4.38. The van der Waals surface area contributed by atoms with E-state index in [0.29, 0.717) is 26.9 Å². The lowest BCUT2D eigenvalue weighted by atomic mass is 9.98. The zero-order valence-electron chi connectivity index (χ0n) is 13.9. The number of esters is 1. The van der Waals surface area contributed by atoms with Crippen molar-refractivity contribution < 1.29 is 9.53 Å². The second-order valence-corrected chi connectivity index (χ2v) is 6.36. The third kappa shape index (κ3) is 3.66. The normalized spacial score (nSPS) is 10.6. The van der Waals surface area contributed by atoms with Crippen molar-refractivity contribution in [3.63, 3.8) is 0 Å². The van der Waals surface area contributed by atoms with Crippen LogP contribution in [-0.2, 0) is 4.74 Å². The summed E-state index contributed by atoms with van der Waals surface area (Å²) < 4.78 is 5.05. The summed E-state index contributed by atoms with van der Waals surface area (Å²) in [6.07, 6.45) is 0. The van der Waals surface area contributed by atoms with Crippen LogP contribution in [0.3, 0.4) is 0 Å². The monoisotopic (exact) mass is 387 g/mol. The SMILES string of the molecule is CCOC(=O)c1c(-c2ccccc2)cc(-c2cc(Cl)ccc2Cl)[nH]c1=O. The number of hydrogen-bond acceptors (Lipinski definition) is 3. The van der Waals surface area contributed by atoms with E-state index in [2.05, 4.69) is 4.98 Å². The van der Waals surface area contributed by atoms with Gasteiger partial charge in [0.1, 0.15) is 5.56 Å². The van der Waals surface area contributed by atoms with Crippen LogP contribution in [0.2, 0.25) is 10.0 Å². The van der Waals surface area contributed by atoms with Gasteiger partial charge in [0.2, 0.25) is 0 Å². The van der Waals surface area contributed by atoms with Crippen LogP contribution in [0.4, 0.5) is 0 Å². The number of halogens is 2. The van der Waals surface area contributed by atoms with Crippen LogP contribution in [-0.4, -0.2) is 17.6 Å². The predicted molar refractivity (Wildman–Crippen MR) is 104 cm³/mol. The summed E-state index contributed by atoms with van der Waals surface area (Å²) in [7, 11) is 0. The summed E-state index contributed by atoms with van der Waals surface area (Å²) in [5, 5.41) is 0.925. The molecule has 26 heavy (non-hydrogen) atoms. The van der Waals surface area contributed by atoms with Gasteiger partial charge in [-0.1, -0.05) is 53.5 Å². The number of carbonyl (C=O) groups excluding carboxylic acids is 1. The van der Waals surface area contributed by atoms with E-state index < -0.39 is 11.5 Å². The Morgan fingerprint density at radius 1 is 1.04 bits per heavy atom. The first kappa shape index (κ1) is 18.2. The van der Waals surface area contributed by atoms with Crippen LogP contribution in [0.15, 0.2) is 59.4 Å². The molecule has 3 rings (SSSR count). The van der Waals surface area contributed by atoms with Crippen molar-refractivity contribution in [1.82, 2.24) is 4.98 Å². The maximum Gasteiger partial charge on any atom is 0.344 e. The molecule has 1 N–H and O–H groups in total. The van der Waals surface area contributed by atoms with Crippen molar-refractivity contribution in [2.24, 2.45) is 0 Å². The lowest BCUT2D eigenvalue weighted by Gasteiger charge is -2.12. The van der Waals surface area contributed by atoms with Crippen LogP contribution in [0, 0.1) is 0 Å². The van der Waals surface area contributed by atoms with Gasteiger partial charge in [0.15, 0.2) is 0 Å². The smallest absolute Gasteiger partial charge is 0.344 e. The molecule has 132 valence electrons. The summed E-state index contributed by atoms with van der Waals surface area (Å²) >= 11 is 12.3. The summed E-state index contributed by atoms with van der Waals surface area (Å²) in [4.78, 5) is 27.7. The van der Waals surface area contributed by atoms with Gasteiger partial charge in [0.25, 0.3) is 5.56 Å². The highest BCUT2D eigenvalue weighted by Crippen LogP contribution is 2.32. The Hall–Kier alpha value is -2.56. The van der Waals surface area contributed by atoms with Crippen molar-refractivity contribution in [2.75, 3.05) is 6.61 Å². The fourth-order valence-corrected chi connectivity index (χ4v) is 3.05. The number of pyridine rings is 1. The van der Waals surface area contributed by atoms with Gasteiger partial charge in [-0.2, -0.15) is 0 Å². The first-order valence-electron chi connectivity index (χ1n) is 7.96. The highest BCUT2D eigenvalue weighted by atomic mass is 35.5. The first-order valence-corrected chi connectivity index (χ1v) is 8.72. The number of carbonyl (C=O) groups is 1. The lowest BCUT2D eigenvalue weighted by molar-refractivity contribution is 0.0525. The maximum atomic E-state index is 12.7. The zero-order chi connectivity index (χ0) is 18.7. The molecule has 0 unspecified atom stereocenters. The Balaban J connectivity index is 2.28. The van der Waals surface area contributed by atoms with E-state index in [1.165, 1.54) is 0 Å². The third-order valence-electron chi connectivity index (χ3n) is 3.82. The van der Waals surface area contributed by atoms with E-state index in [1.54, 1.807) is 31.2 Å². The van der Waals surface area contributed by atoms with Gasteiger partial charge in [-0.25, -0.2) is 4.79 Å². The van der Waals surface area contributed by atoms with Crippen LogP contribution in [0.1, 0.15) is 17.3 Å². The number of hydrogen-bond donors (Lipinski definition) is 1. The fraction of sp³-hybridized carbons (Fsp3) is 0.100. The fourth-order valence-electron chi connectivity index (χ4n) is 2.66. The standard InChI is InChI=1S/C20H15Cl2NO3/c1-2-26-20(25)18-14(12-6-4-3-5-7-12)11-17(23-19(18)24)15-10-13(21)8-9-16(15)22/h3-11H,2H2,1H3,(H,23,24). The number of rotatable bonds is 4. The Morgan fingerprint density at radius 3 is 2.46 bits per heavy atom. The molecule has 0 aliphatic rings. The molecular weight excluding hydrogens is 373 g/mol. The highest BCUT2D eigenvalue weighted by molar-refractivity contribution is 6.35. The summed E-state index contributed by atoms with van der Waals surface area (Å²) in [5.41, 5.74) is 1.65. The van der Waals surface area contributed by atoms with Gasteiger partial charge in [0.05, 0.1) is 12.3 Å². The number of H-pyrrole nitrogens is 1. The topological polar surface area (TPSA) is 59.2 Å². The van der Waals surface area contributed by atoms with Gasteiger partial charge in [-0.3, -0.25) is 4.79 Å². The van der Waals surface area contributed by atoms with Crippen LogP contribution in [0.5, 0.6) is 0 Å². The van der Waals surface area contributed by atoms with Crippen LogP contribution >= 0.6 is 23.2 Å². The Morgan fingerprint density at radius 2 is 1.77 bits per heavy atom. The van der Waals surface area contributed by atoms with Crippen molar-refractivity contribution in [2.45, 2.75) is 6.92 Å². The molecule has 6 heteroatoms. The van der Waals surface area contributed by atoms with Gasteiger partial charge in [-0.15, -0.1) is 0 Å². The number of aromatic nitrogens is 1. The molecule has 0 fully saturated rings. The largest absolute Gasteiger partial charge is 0.462 e. The number of benzene rings is 2. The minimum absolute atomic E-state index is 0.0417. The number of nitrogens with one attached hydrogen (secondary N) is 1. The molecule has 1 aromatic heterocycles. The van der Waals surface area contributed by atoms with E-state index >= 15 is 0 Å². The Kier molecular flexibility index (Phi) is 5.45. The van der Waals surface area contributed by atoms with Crippen molar-refractivity contribution in [3.8, 4) is 22.4 Å². The minimum Gasteiger partial charge on any atom is -0.462 e. The summed E-state index contributed by atoms with van der Waals surface area (Å²) in [6.45, 7) is 1.86. The summed E-state index contributed by atoms with van der Waals surface area (Å²) in [5.74, 6) is -0.670. The van der Waals surface area contributed by atoms with Gasteiger partial charge in [0, 0.05) is 21.2 Å². The molecule has 3 aromatic rings. The van der Waals surface area contributed by atoms with Crippen molar-refractivity contribution in [1.29, 1.82) is 0 Å². The van der Waals surface area contributed by atoms with Gasteiger partial charge >= 0.3 is 5.97 Å². The summed E-state index contributed by atoms with van der Waals surface area (Å²) in [6, 6.07) is 15.8. The molecule has 0 saturated carbocycles. The van der Waals surface area contributed by atoms with Crippen LogP contribution < -0.4 is 5.56 Å². The molecule has 0 amide bonds. The van der Waals surface area contributed by atoms with Crippen molar-refractivity contribution >= 4 is 29.2 Å². The molecule has 0 radical (unpaired) electrons. The van der Waals surface area contributed by atoms with E-state index in [4.69, 9.17) is 27.9 Å². The van der Waals surface area contributed by atoms with E-state index in [0.717, 1.165) is 5.56 Å². The number of aromatic amines is 1. The second-order valence-electron chi connectivity index (χ2n) is 5.51. The molecule has 1 heterocycles. The van der Waals surface area contributed by atoms with Crippen molar-refractivity contribution in [3.05, 3.63) is 80.6 Å². The first-order chi connectivity index (χ1) is 12.5. The molecule has 0 aliphatic heterocycles. The van der Waals surface area contributed by atoms with Crippen LogP contribution in [0.25, 0.3) is 22.4 Å². The predicted octanol–water partition coefficient (Wildman–Crippen LogP) is 5.19. The molecule has 0 aliphatic carbocycles. The molecule has 0 bridgehead atoms. The number of ether oxygens (including phenoxy) is 1. The van der Waals surface area contributed by atoms with Gasteiger partial charge in [-0.05, 0) is 36.8 Å². The average Bonchev–Trinajstić information content (AvgIpc) is 2.64. The average molecular weight is 388 g/mol. The molecule has 0 spiro atoms. The minimum atomic E-state index is -0.670. The molecule has 0 atom stereocenters. The van der Waals surface area contributed by atoms with Gasteiger partial charge < -0.3 is 9.72 Å². The molecule has 0 saturated heterocycles. The Labute approximate surface area is 160 Å². The second kappa shape index (κ2) is 7.77. The zero-order valence-corrected chi connectivity index (χ0v) is 15.4. The van der Waals surface area contributed by atoms with E-state index in [1.807, 2.05) is 30.3 Å². The lowest BCUT2D eigenvalue weighted by Crippen LogP contribution is -2.21. The molecule has 2 aromatic carbocycles. The quantitative estimate of drug-likeness (QED) is 0.626. The molecular formula is C20H15Cl2NO3. The maximum absolute atomic E-state index is 12.7. The van der Waals surface area contributed by atoms with E-state index in [9.17, 15) is 9.59 Å². The highest BCUT2D eigenvalue weighted by Gasteiger charge is 2.21. The molecule has 4 nitrogen and oxygen atoms in total. The Bertz CT molecular complexity index is 1010.